The van der Waals surface area contributed by atoms with Crippen LogP contribution in [0.15, 0.2) is 29.2 Å². The molecule has 1 N–H and O–H groups in total. The second-order valence-corrected chi connectivity index (χ2v) is 10.0. The number of amides is 1. The quantitative estimate of drug-likeness (QED) is 0.886. The molecule has 6 nitrogen and oxygen atoms in total. The number of benzene rings is 1. The van der Waals surface area contributed by atoms with Gasteiger partial charge in [-0.05, 0) is 30.0 Å². The van der Waals surface area contributed by atoms with Crippen molar-refractivity contribution in [1.82, 2.24) is 4.98 Å². The van der Waals surface area contributed by atoms with Gasteiger partial charge in [-0.1, -0.05) is 31.3 Å². The number of carbonyl (C=O) groups is 2. The molecule has 1 aliphatic carbocycles. The van der Waals surface area contributed by atoms with Crippen molar-refractivity contribution in [3.05, 3.63) is 40.4 Å². The molecule has 0 saturated carbocycles. The predicted molar refractivity (Wildman–Crippen MR) is 96.1 cm³/mol. The lowest BCUT2D eigenvalue weighted by Crippen LogP contribution is -2.26. The maximum atomic E-state index is 12.4. The average Bonchev–Trinajstić information content (AvgIpc) is 2.87. The van der Waals surface area contributed by atoms with Crippen molar-refractivity contribution in [3.8, 4) is 0 Å². The molecule has 2 aromatic rings. The minimum Gasteiger partial charge on any atom is -0.298 e. The molecule has 0 fully saturated rings. The van der Waals surface area contributed by atoms with Crippen molar-refractivity contribution in [2.45, 2.75) is 31.6 Å². The summed E-state index contributed by atoms with van der Waals surface area (Å²) in [6.07, 6.45) is 2.24. The summed E-state index contributed by atoms with van der Waals surface area (Å²) in [4.78, 5) is 29.7. The van der Waals surface area contributed by atoms with E-state index in [0.717, 1.165) is 6.26 Å². The Hall–Kier alpha value is -2.06. The normalized spacial score (nSPS) is 16.4. The van der Waals surface area contributed by atoms with Crippen LogP contribution in [0, 0.1) is 5.41 Å². The Morgan fingerprint density at radius 2 is 2.00 bits per heavy atom. The van der Waals surface area contributed by atoms with Crippen LogP contribution in [0.2, 0.25) is 0 Å². The van der Waals surface area contributed by atoms with Gasteiger partial charge in [0.15, 0.2) is 20.8 Å². The Kier molecular flexibility index (Phi) is 4.28. The largest absolute Gasteiger partial charge is 0.298 e. The number of ketones is 1. The fourth-order valence-electron chi connectivity index (χ4n) is 2.81. The zero-order chi connectivity index (χ0) is 18.4. The molecular weight excluding hydrogens is 360 g/mol. The van der Waals surface area contributed by atoms with E-state index >= 15 is 0 Å². The molecule has 0 atom stereocenters. The number of thiazole rings is 1. The number of nitrogens with one attached hydrogen (secondary N) is 1. The van der Waals surface area contributed by atoms with E-state index in [1.807, 2.05) is 13.8 Å². The van der Waals surface area contributed by atoms with Gasteiger partial charge < -0.3 is 0 Å². The summed E-state index contributed by atoms with van der Waals surface area (Å²) >= 11 is 1.17. The van der Waals surface area contributed by atoms with Crippen molar-refractivity contribution in [3.63, 3.8) is 0 Å². The predicted octanol–water partition coefficient (Wildman–Crippen LogP) is 2.95. The highest BCUT2D eigenvalue weighted by molar-refractivity contribution is 7.90. The number of hydrogen-bond acceptors (Lipinski definition) is 6. The Morgan fingerprint density at radius 3 is 2.68 bits per heavy atom. The smallest absolute Gasteiger partial charge is 0.257 e. The van der Waals surface area contributed by atoms with Crippen LogP contribution in [-0.2, 0) is 16.3 Å². The lowest BCUT2D eigenvalue weighted by atomic mass is 9.78. The molecular formula is C17H18N2O4S2. The molecule has 0 aliphatic heterocycles. The highest BCUT2D eigenvalue weighted by atomic mass is 32.2. The van der Waals surface area contributed by atoms with Crippen molar-refractivity contribution in [2.24, 2.45) is 5.41 Å². The van der Waals surface area contributed by atoms with E-state index in [9.17, 15) is 18.0 Å². The standard InChI is InChI=1S/C17H18N2O4S2/c1-17(2)8-12-14(13(20)9-17)24-16(18-12)19-15(21)10-5-4-6-11(7-10)25(3,22)23/h4-7H,8-9H2,1-3H3,(H,18,19,21). The number of aromatic nitrogens is 1. The number of rotatable bonds is 3. The average molecular weight is 378 g/mol. The zero-order valence-electron chi connectivity index (χ0n) is 14.1. The third-order valence-corrected chi connectivity index (χ3v) is 6.14. The second-order valence-electron chi connectivity index (χ2n) is 6.99. The Morgan fingerprint density at radius 1 is 1.28 bits per heavy atom. The van der Waals surface area contributed by atoms with Gasteiger partial charge in [-0.3, -0.25) is 14.9 Å². The van der Waals surface area contributed by atoms with Gasteiger partial charge in [0.05, 0.1) is 15.5 Å². The van der Waals surface area contributed by atoms with E-state index in [2.05, 4.69) is 10.3 Å². The molecule has 1 aromatic heterocycles. The first-order valence-corrected chi connectivity index (χ1v) is 10.4. The lowest BCUT2D eigenvalue weighted by molar-refractivity contribution is 0.0915. The summed E-state index contributed by atoms with van der Waals surface area (Å²) in [6.45, 7) is 4.03. The highest BCUT2D eigenvalue weighted by Gasteiger charge is 2.34. The number of Topliss-reactive ketones (excluding diaryl/α,β-unsaturated/α-hetero) is 1. The van der Waals surface area contributed by atoms with Gasteiger partial charge in [-0.15, -0.1) is 0 Å². The molecule has 8 heteroatoms. The van der Waals surface area contributed by atoms with Gasteiger partial charge in [-0.25, -0.2) is 13.4 Å². The molecule has 0 spiro atoms. The summed E-state index contributed by atoms with van der Waals surface area (Å²) in [5, 5.41) is 3.02. The summed E-state index contributed by atoms with van der Waals surface area (Å²) in [5.74, 6) is -0.411. The van der Waals surface area contributed by atoms with E-state index in [1.54, 1.807) is 0 Å². The molecule has 1 amide bonds. The Bertz CT molecular complexity index is 974. The molecule has 0 radical (unpaired) electrons. The summed E-state index contributed by atoms with van der Waals surface area (Å²) in [7, 11) is -3.39. The number of hydrogen-bond donors (Lipinski definition) is 1. The molecule has 0 unspecified atom stereocenters. The number of carbonyl (C=O) groups excluding carboxylic acids is 2. The first-order chi connectivity index (χ1) is 11.5. The number of anilines is 1. The summed E-state index contributed by atoms with van der Waals surface area (Å²) < 4.78 is 23.2. The topological polar surface area (TPSA) is 93.2 Å². The fraction of sp³-hybridized carbons (Fsp3) is 0.353. The molecule has 0 bridgehead atoms. The summed E-state index contributed by atoms with van der Waals surface area (Å²) in [5.41, 5.74) is 0.803. The molecule has 3 rings (SSSR count). The van der Waals surface area contributed by atoms with Gasteiger partial charge in [0.25, 0.3) is 5.91 Å². The van der Waals surface area contributed by atoms with E-state index in [-0.39, 0.29) is 21.7 Å². The van der Waals surface area contributed by atoms with Crippen LogP contribution in [0.25, 0.3) is 0 Å². The van der Waals surface area contributed by atoms with Crippen LogP contribution >= 0.6 is 11.3 Å². The Labute approximate surface area is 150 Å². The minimum absolute atomic E-state index is 0.0447. The Balaban J connectivity index is 1.85. The fourth-order valence-corrected chi connectivity index (χ4v) is 4.39. The van der Waals surface area contributed by atoms with Crippen LogP contribution in [0.5, 0.6) is 0 Å². The third kappa shape index (κ3) is 3.80. The SMILES string of the molecule is CC1(C)CC(=O)c2sc(NC(=O)c3cccc(S(C)(=O)=O)c3)nc2C1. The second kappa shape index (κ2) is 6.03. The van der Waals surface area contributed by atoms with Gasteiger partial charge in [0, 0.05) is 18.2 Å². The molecule has 1 heterocycles. The first kappa shape index (κ1) is 17.8. The van der Waals surface area contributed by atoms with E-state index in [0.29, 0.717) is 28.5 Å². The molecule has 25 heavy (non-hydrogen) atoms. The maximum absolute atomic E-state index is 12.4. The molecule has 132 valence electrons. The van der Waals surface area contributed by atoms with Crippen molar-refractivity contribution in [2.75, 3.05) is 11.6 Å². The van der Waals surface area contributed by atoms with Gasteiger partial charge in [0.1, 0.15) is 0 Å². The number of sulfone groups is 1. The van der Waals surface area contributed by atoms with Gasteiger partial charge >= 0.3 is 0 Å². The van der Waals surface area contributed by atoms with Crippen LogP contribution in [0.3, 0.4) is 0 Å². The van der Waals surface area contributed by atoms with Gasteiger partial charge in [-0.2, -0.15) is 0 Å². The van der Waals surface area contributed by atoms with Crippen LogP contribution in [-0.4, -0.2) is 31.3 Å². The van der Waals surface area contributed by atoms with Crippen molar-refractivity contribution in [1.29, 1.82) is 0 Å². The van der Waals surface area contributed by atoms with Crippen molar-refractivity contribution >= 4 is 38.0 Å². The van der Waals surface area contributed by atoms with Crippen LogP contribution < -0.4 is 5.32 Å². The molecule has 0 saturated heterocycles. The highest BCUT2D eigenvalue weighted by Crippen LogP contribution is 2.38. The van der Waals surface area contributed by atoms with Gasteiger partial charge in [0.2, 0.25) is 0 Å². The van der Waals surface area contributed by atoms with E-state index in [1.165, 1.54) is 35.6 Å². The first-order valence-electron chi connectivity index (χ1n) is 7.69. The monoisotopic (exact) mass is 378 g/mol. The summed E-state index contributed by atoms with van der Waals surface area (Å²) in [6, 6.07) is 5.82. The molecule has 1 aromatic carbocycles. The zero-order valence-corrected chi connectivity index (χ0v) is 15.8. The van der Waals surface area contributed by atoms with Crippen LogP contribution in [0.1, 0.15) is 46.0 Å². The lowest BCUT2D eigenvalue weighted by Gasteiger charge is -2.26. The minimum atomic E-state index is -3.39. The maximum Gasteiger partial charge on any atom is 0.257 e. The van der Waals surface area contributed by atoms with E-state index < -0.39 is 15.7 Å². The number of nitrogens with zero attached hydrogens (tertiary/aromatic N) is 1. The molecule has 1 aliphatic rings. The van der Waals surface area contributed by atoms with Crippen LogP contribution in [0.4, 0.5) is 5.13 Å². The van der Waals surface area contributed by atoms with Crippen molar-refractivity contribution < 1.29 is 18.0 Å². The number of fused-ring (bicyclic) bond motifs is 1. The third-order valence-electron chi connectivity index (χ3n) is 3.98. The van der Waals surface area contributed by atoms with E-state index in [4.69, 9.17) is 0 Å².